The molecule has 0 aromatic heterocycles. The summed E-state index contributed by atoms with van der Waals surface area (Å²) in [7, 11) is 1.56. The van der Waals surface area contributed by atoms with Crippen molar-refractivity contribution >= 4 is 17.6 Å². The van der Waals surface area contributed by atoms with Gasteiger partial charge in [0.2, 0.25) is 0 Å². The van der Waals surface area contributed by atoms with Gasteiger partial charge >= 0.3 is 5.97 Å². The number of nitrogens with zero attached hydrogens (tertiary/aromatic N) is 1. The molecule has 1 aliphatic rings. The number of methoxy groups -OCH3 is 1. The highest BCUT2D eigenvalue weighted by Crippen LogP contribution is 2.26. The van der Waals surface area contributed by atoms with Crippen molar-refractivity contribution in [2.75, 3.05) is 20.2 Å². The van der Waals surface area contributed by atoms with Crippen molar-refractivity contribution < 1.29 is 14.6 Å². The van der Waals surface area contributed by atoms with Crippen molar-refractivity contribution in [2.45, 2.75) is 25.3 Å². The Bertz CT molecular complexity index is 458. The molecule has 0 unspecified atom stereocenters. The first-order chi connectivity index (χ1) is 9.11. The van der Waals surface area contributed by atoms with E-state index >= 15 is 0 Å². The summed E-state index contributed by atoms with van der Waals surface area (Å²) in [6, 6.07) is 4.97. The van der Waals surface area contributed by atoms with E-state index in [0.717, 1.165) is 31.5 Å². The van der Waals surface area contributed by atoms with Gasteiger partial charge in [-0.25, -0.2) is 0 Å². The molecule has 0 radical (unpaired) electrons. The summed E-state index contributed by atoms with van der Waals surface area (Å²) in [6.07, 6.45) is 2.62. The predicted octanol–water partition coefficient (Wildman–Crippen LogP) is 2.44. The lowest BCUT2D eigenvalue weighted by molar-refractivity contribution is -0.142. The second kappa shape index (κ2) is 6.26. The van der Waals surface area contributed by atoms with Crippen LogP contribution >= 0.6 is 11.6 Å². The largest absolute Gasteiger partial charge is 0.495 e. The van der Waals surface area contributed by atoms with Crippen LogP contribution in [-0.2, 0) is 11.2 Å². The van der Waals surface area contributed by atoms with E-state index in [9.17, 15) is 9.90 Å². The maximum atomic E-state index is 11.4. The summed E-state index contributed by atoms with van der Waals surface area (Å²) in [4.78, 5) is 13.4. The number of halogens is 1. The molecule has 0 spiro atoms. The normalized spacial score (nSPS) is 17.4. The van der Waals surface area contributed by atoms with Gasteiger partial charge in [0.1, 0.15) is 11.8 Å². The summed E-state index contributed by atoms with van der Waals surface area (Å²) in [5.74, 6) is -0.160. The number of carboxylic acids is 1. The van der Waals surface area contributed by atoms with Crippen LogP contribution in [-0.4, -0.2) is 42.2 Å². The molecule has 19 heavy (non-hydrogen) atoms. The molecule has 5 heteroatoms. The zero-order valence-electron chi connectivity index (χ0n) is 10.9. The van der Waals surface area contributed by atoms with E-state index in [2.05, 4.69) is 0 Å². The van der Waals surface area contributed by atoms with E-state index in [1.54, 1.807) is 19.2 Å². The van der Waals surface area contributed by atoms with Crippen LogP contribution < -0.4 is 4.74 Å². The Kier molecular flexibility index (Phi) is 4.66. The summed E-state index contributed by atoms with van der Waals surface area (Å²) in [5.41, 5.74) is 0.921. The fraction of sp³-hybridized carbons (Fsp3) is 0.500. The van der Waals surface area contributed by atoms with Gasteiger partial charge in [0.15, 0.2) is 0 Å². The minimum absolute atomic E-state index is 0.466. The van der Waals surface area contributed by atoms with Crippen LogP contribution in [0, 0.1) is 0 Å². The second-order valence-corrected chi connectivity index (χ2v) is 5.18. The molecule has 1 heterocycles. The van der Waals surface area contributed by atoms with Crippen LogP contribution in [0.2, 0.25) is 5.02 Å². The van der Waals surface area contributed by atoms with Crippen molar-refractivity contribution in [3.05, 3.63) is 28.8 Å². The van der Waals surface area contributed by atoms with Gasteiger partial charge < -0.3 is 9.84 Å². The summed E-state index contributed by atoms with van der Waals surface area (Å²) < 4.78 is 5.09. The molecule has 1 fully saturated rings. The molecule has 0 saturated carbocycles. The molecule has 1 saturated heterocycles. The summed E-state index contributed by atoms with van der Waals surface area (Å²) >= 11 is 6.07. The third-order valence-corrected chi connectivity index (χ3v) is 3.81. The van der Waals surface area contributed by atoms with Gasteiger partial charge in [-0.3, -0.25) is 9.69 Å². The molecular weight excluding hydrogens is 266 g/mol. The second-order valence-electron chi connectivity index (χ2n) is 4.77. The van der Waals surface area contributed by atoms with Gasteiger partial charge in [0.25, 0.3) is 0 Å². The molecule has 0 bridgehead atoms. The van der Waals surface area contributed by atoms with Crippen LogP contribution in [0.3, 0.4) is 0 Å². The van der Waals surface area contributed by atoms with Gasteiger partial charge in [-0.05, 0) is 50.0 Å². The van der Waals surface area contributed by atoms with Crippen molar-refractivity contribution in [2.24, 2.45) is 0 Å². The molecule has 1 aromatic rings. The molecule has 1 atom stereocenters. The van der Waals surface area contributed by atoms with Crippen LogP contribution in [0.5, 0.6) is 5.75 Å². The zero-order chi connectivity index (χ0) is 13.8. The molecule has 0 aliphatic carbocycles. The van der Waals surface area contributed by atoms with Gasteiger partial charge in [0, 0.05) is 0 Å². The Labute approximate surface area is 117 Å². The first-order valence-electron chi connectivity index (χ1n) is 6.41. The van der Waals surface area contributed by atoms with E-state index in [1.165, 1.54) is 0 Å². The van der Waals surface area contributed by atoms with Crippen molar-refractivity contribution in [3.63, 3.8) is 0 Å². The SMILES string of the molecule is COc1ccc(C[C@@H](C(=O)O)N2CCCC2)cc1Cl. The number of aliphatic carboxylic acids is 1. The quantitative estimate of drug-likeness (QED) is 0.902. The third-order valence-electron chi connectivity index (χ3n) is 3.51. The number of hydrogen-bond donors (Lipinski definition) is 1. The van der Waals surface area contributed by atoms with E-state index in [-0.39, 0.29) is 0 Å². The lowest BCUT2D eigenvalue weighted by Crippen LogP contribution is -2.40. The number of carboxylic acid groups (broad SMARTS) is 1. The van der Waals surface area contributed by atoms with E-state index < -0.39 is 12.0 Å². The predicted molar refractivity (Wildman–Crippen MR) is 73.9 cm³/mol. The Morgan fingerprint density at radius 2 is 2.16 bits per heavy atom. The smallest absolute Gasteiger partial charge is 0.321 e. The Balaban J connectivity index is 2.12. The van der Waals surface area contributed by atoms with Gasteiger partial charge in [-0.2, -0.15) is 0 Å². The number of hydrogen-bond acceptors (Lipinski definition) is 3. The molecule has 104 valence electrons. The van der Waals surface area contributed by atoms with E-state index in [0.29, 0.717) is 17.2 Å². The first-order valence-corrected chi connectivity index (χ1v) is 6.79. The Morgan fingerprint density at radius 1 is 1.47 bits per heavy atom. The standard InChI is InChI=1S/C14H18ClNO3/c1-19-13-5-4-10(8-11(13)15)9-12(14(17)18)16-6-2-3-7-16/h4-5,8,12H,2-3,6-7,9H2,1H3,(H,17,18)/t12-/m0/s1. The minimum atomic E-state index is -0.770. The van der Waals surface area contributed by atoms with Crippen LogP contribution in [0.4, 0.5) is 0 Å². The van der Waals surface area contributed by atoms with Crippen molar-refractivity contribution in [1.29, 1.82) is 0 Å². The molecule has 1 N–H and O–H groups in total. The number of carbonyl (C=O) groups is 1. The number of rotatable bonds is 5. The molecule has 0 amide bonds. The average Bonchev–Trinajstić information content (AvgIpc) is 2.89. The molecule has 1 aromatic carbocycles. The van der Waals surface area contributed by atoms with Gasteiger partial charge in [0.05, 0.1) is 12.1 Å². The molecule has 2 rings (SSSR count). The molecule has 4 nitrogen and oxygen atoms in total. The minimum Gasteiger partial charge on any atom is -0.495 e. The highest BCUT2D eigenvalue weighted by Gasteiger charge is 2.28. The topological polar surface area (TPSA) is 49.8 Å². The Hall–Kier alpha value is -1.26. The van der Waals surface area contributed by atoms with Crippen molar-refractivity contribution in [3.8, 4) is 5.75 Å². The summed E-state index contributed by atoms with van der Waals surface area (Å²) in [6.45, 7) is 1.72. The maximum Gasteiger partial charge on any atom is 0.321 e. The molecule has 1 aliphatic heterocycles. The lowest BCUT2D eigenvalue weighted by atomic mass is 10.0. The molecular formula is C14H18ClNO3. The van der Waals surface area contributed by atoms with Crippen molar-refractivity contribution in [1.82, 2.24) is 4.90 Å². The Morgan fingerprint density at radius 3 is 2.68 bits per heavy atom. The monoisotopic (exact) mass is 283 g/mol. The first kappa shape index (κ1) is 14.2. The highest BCUT2D eigenvalue weighted by atomic mass is 35.5. The van der Waals surface area contributed by atoms with E-state index in [4.69, 9.17) is 16.3 Å². The lowest BCUT2D eigenvalue weighted by Gasteiger charge is -2.23. The zero-order valence-corrected chi connectivity index (χ0v) is 11.7. The van der Waals surface area contributed by atoms with Crippen LogP contribution in [0.25, 0.3) is 0 Å². The van der Waals surface area contributed by atoms with Gasteiger partial charge in [-0.1, -0.05) is 17.7 Å². The fourth-order valence-electron chi connectivity index (χ4n) is 2.49. The number of ether oxygens (including phenoxy) is 1. The average molecular weight is 284 g/mol. The third kappa shape index (κ3) is 3.39. The highest BCUT2D eigenvalue weighted by molar-refractivity contribution is 6.32. The number of likely N-dealkylation sites (tertiary alicyclic amines) is 1. The summed E-state index contributed by atoms with van der Waals surface area (Å²) in [5, 5.41) is 9.88. The van der Waals surface area contributed by atoms with Crippen LogP contribution in [0.15, 0.2) is 18.2 Å². The van der Waals surface area contributed by atoms with E-state index in [1.807, 2.05) is 11.0 Å². The van der Waals surface area contributed by atoms with Crippen LogP contribution in [0.1, 0.15) is 18.4 Å². The fourth-order valence-corrected chi connectivity index (χ4v) is 2.77. The maximum absolute atomic E-state index is 11.4. The number of benzene rings is 1. The van der Waals surface area contributed by atoms with Gasteiger partial charge in [-0.15, -0.1) is 0 Å².